The Morgan fingerprint density at radius 2 is 1.75 bits per heavy atom. The molecule has 1 aliphatic heterocycles. The Kier molecular flexibility index (Phi) is 11.4. The van der Waals surface area contributed by atoms with E-state index in [-0.39, 0.29) is 17.8 Å². The van der Waals surface area contributed by atoms with Crippen LogP contribution in [0.4, 0.5) is 5.69 Å². The van der Waals surface area contributed by atoms with E-state index >= 15 is 0 Å². The fraction of sp³-hybridized carbons (Fsp3) is 0.654. The van der Waals surface area contributed by atoms with E-state index in [9.17, 15) is 9.59 Å². The molecule has 200 valence electrons. The van der Waals surface area contributed by atoms with Gasteiger partial charge in [-0.05, 0) is 42.9 Å². The topological polar surface area (TPSA) is 161 Å². The van der Waals surface area contributed by atoms with Gasteiger partial charge in [0.05, 0.1) is 24.9 Å². The quantitative estimate of drug-likeness (QED) is 0.209. The van der Waals surface area contributed by atoms with Gasteiger partial charge in [0, 0.05) is 26.2 Å². The molecule has 1 heterocycles. The lowest BCUT2D eigenvalue weighted by atomic mass is 9.85. The number of morpholine rings is 1. The van der Waals surface area contributed by atoms with Crippen LogP contribution in [-0.2, 0) is 20.7 Å². The molecule has 2 fully saturated rings. The molecule has 1 aliphatic carbocycles. The average molecular weight is 502 g/mol. The number of carbonyl (C=O) groups is 2. The van der Waals surface area contributed by atoms with E-state index in [1.54, 1.807) is 12.1 Å². The van der Waals surface area contributed by atoms with Crippen LogP contribution in [0.25, 0.3) is 0 Å². The van der Waals surface area contributed by atoms with Crippen LogP contribution in [0.5, 0.6) is 0 Å². The molecule has 2 amide bonds. The van der Waals surface area contributed by atoms with E-state index in [4.69, 9.17) is 21.9 Å². The van der Waals surface area contributed by atoms with Gasteiger partial charge in [-0.25, -0.2) is 4.99 Å². The van der Waals surface area contributed by atoms with Gasteiger partial charge in [0.25, 0.3) is 0 Å². The van der Waals surface area contributed by atoms with Crippen LogP contribution in [0.15, 0.2) is 29.3 Å². The molecule has 8 N–H and O–H groups in total. The van der Waals surface area contributed by atoms with Gasteiger partial charge >= 0.3 is 0 Å². The highest BCUT2D eigenvalue weighted by Gasteiger charge is 2.25. The SMILES string of the molecule is NC(N)=Nc1ccc(C[C@H](N)C(=O)N[C@@H](CCC2CCCCC2)C(=O)NCCN2CCOCC2)cc1. The number of carbonyl (C=O) groups excluding carboxylic acids is 2. The molecule has 3 rings (SSSR count). The summed E-state index contributed by atoms with van der Waals surface area (Å²) in [6.45, 7) is 4.52. The second-order valence-corrected chi connectivity index (χ2v) is 9.90. The largest absolute Gasteiger partial charge is 0.379 e. The van der Waals surface area contributed by atoms with Crippen LogP contribution in [-0.4, -0.2) is 74.2 Å². The minimum atomic E-state index is -0.766. The number of rotatable bonds is 12. The number of benzene rings is 1. The Labute approximate surface area is 214 Å². The van der Waals surface area contributed by atoms with Gasteiger partial charge in [-0.2, -0.15) is 0 Å². The third-order valence-electron chi connectivity index (χ3n) is 7.04. The molecule has 0 spiro atoms. The van der Waals surface area contributed by atoms with Crippen molar-refractivity contribution < 1.29 is 14.3 Å². The lowest BCUT2D eigenvalue weighted by Gasteiger charge is -2.27. The van der Waals surface area contributed by atoms with Crippen LogP contribution >= 0.6 is 0 Å². The first-order chi connectivity index (χ1) is 17.4. The molecule has 2 atom stereocenters. The molecule has 10 nitrogen and oxygen atoms in total. The molecular formula is C26H43N7O3. The fourth-order valence-electron chi connectivity index (χ4n) is 4.91. The highest BCUT2D eigenvalue weighted by Crippen LogP contribution is 2.27. The summed E-state index contributed by atoms with van der Waals surface area (Å²) < 4.78 is 5.38. The summed E-state index contributed by atoms with van der Waals surface area (Å²) in [5.41, 5.74) is 18.6. The third-order valence-corrected chi connectivity index (χ3v) is 7.04. The smallest absolute Gasteiger partial charge is 0.242 e. The Bertz CT molecular complexity index is 846. The number of nitrogens with one attached hydrogen (secondary N) is 2. The van der Waals surface area contributed by atoms with Crippen molar-refractivity contribution in [1.29, 1.82) is 0 Å². The molecule has 0 unspecified atom stereocenters. The summed E-state index contributed by atoms with van der Waals surface area (Å²) in [5.74, 6) is 0.152. The molecule has 10 heteroatoms. The standard InChI is InChI=1S/C26H43N7O3/c27-22(18-20-6-9-21(10-7-20)31-26(28)29)24(34)32-23(11-8-19-4-2-1-3-5-19)25(35)30-12-13-33-14-16-36-17-15-33/h6-7,9-10,19,22-23H,1-5,8,11-18,27H2,(H,30,35)(H,32,34)(H4,28,29,31)/t22-,23-/m0/s1. The lowest BCUT2D eigenvalue weighted by molar-refractivity contribution is -0.129. The summed E-state index contributed by atoms with van der Waals surface area (Å²) >= 11 is 0. The molecule has 1 saturated carbocycles. The van der Waals surface area contributed by atoms with E-state index in [1.807, 2.05) is 12.1 Å². The Morgan fingerprint density at radius 3 is 2.42 bits per heavy atom. The predicted molar refractivity (Wildman–Crippen MR) is 142 cm³/mol. The van der Waals surface area contributed by atoms with E-state index in [2.05, 4.69) is 20.5 Å². The molecule has 1 aromatic rings. The van der Waals surface area contributed by atoms with Gasteiger partial charge in [0.2, 0.25) is 11.8 Å². The minimum absolute atomic E-state index is 0.0127. The van der Waals surface area contributed by atoms with Crippen LogP contribution in [0, 0.1) is 5.92 Å². The zero-order valence-electron chi connectivity index (χ0n) is 21.3. The van der Waals surface area contributed by atoms with Crippen molar-refractivity contribution in [3.8, 4) is 0 Å². The monoisotopic (exact) mass is 501 g/mol. The molecule has 0 radical (unpaired) electrons. The maximum atomic E-state index is 13.1. The van der Waals surface area contributed by atoms with Crippen LogP contribution in [0.2, 0.25) is 0 Å². The van der Waals surface area contributed by atoms with Crippen molar-refractivity contribution in [2.24, 2.45) is 28.1 Å². The van der Waals surface area contributed by atoms with Gasteiger partial charge in [0.1, 0.15) is 6.04 Å². The molecular weight excluding hydrogens is 458 g/mol. The highest BCUT2D eigenvalue weighted by molar-refractivity contribution is 5.89. The Balaban J connectivity index is 1.53. The minimum Gasteiger partial charge on any atom is -0.379 e. The number of amides is 2. The third kappa shape index (κ3) is 9.75. The normalized spacial score (nSPS) is 18.7. The summed E-state index contributed by atoms with van der Waals surface area (Å²) in [6, 6.07) is 5.88. The number of nitrogens with zero attached hydrogens (tertiary/aromatic N) is 2. The van der Waals surface area contributed by atoms with Crippen LogP contribution < -0.4 is 27.8 Å². The van der Waals surface area contributed by atoms with Gasteiger partial charge in [-0.3, -0.25) is 14.5 Å². The molecule has 2 aliphatic rings. The number of aliphatic imine (C=N–C) groups is 1. The summed E-state index contributed by atoms with van der Waals surface area (Å²) in [5, 5.41) is 5.96. The Morgan fingerprint density at radius 1 is 1.06 bits per heavy atom. The first-order valence-electron chi connectivity index (χ1n) is 13.2. The summed E-state index contributed by atoms with van der Waals surface area (Å²) in [6.07, 6.45) is 8.11. The lowest BCUT2D eigenvalue weighted by Crippen LogP contribution is -2.53. The maximum Gasteiger partial charge on any atom is 0.242 e. The van der Waals surface area contributed by atoms with Crippen molar-refractivity contribution >= 4 is 23.5 Å². The first-order valence-corrected chi connectivity index (χ1v) is 13.2. The van der Waals surface area contributed by atoms with E-state index in [1.165, 1.54) is 32.1 Å². The summed E-state index contributed by atoms with van der Waals surface area (Å²) in [4.78, 5) is 32.3. The number of guanidine groups is 1. The van der Waals surface area contributed by atoms with Gasteiger partial charge in [-0.15, -0.1) is 0 Å². The molecule has 0 bridgehead atoms. The average Bonchev–Trinajstić information content (AvgIpc) is 2.88. The zero-order chi connectivity index (χ0) is 25.8. The predicted octanol–water partition coefficient (Wildman–Crippen LogP) is 0.755. The molecule has 0 aromatic heterocycles. The van der Waals surface area contributed by atoms with Gasteiger partial charge in [-0.1, -0.05) is 44.2 Å². The molecule has 1 saturated heterocycles. The second kappa shape index (κ2) is 14.8. The second-order valence-electron chi connectivity index (χ2n) is 9.90. The molecule has 1 aromatic carbocycles. The molecule has 36 heavy (non-hydrogen) atoms. The van der Waals surface area contributed by atoms with Gasteiger partial charge in [0.15, 0.2) is 5.96 Å². The number of ether oxygens (including phenoxy) is 1. The number of hydrogen-bond donors (Lipinski definition) is 5. The number of nitrogens with two attached hydrogens (primary N) is 3. The van der Waals surface area contributed by atoms with Gasteiger partial charge < -0.3 is 32.6 Å². The van der Waals surface area contributed by atoms with Crippen LogP contribution in [0.1, 0.15) is 50.5 Å². The fourth-order valence-corrected chi connectivity index (χ4v) is 4.91. The van der Waals surface area contributed by atoms with E-state index in [0.717, 1.165) is 44.8 Å². The van der Waals surface area contributed by atoms with Crippen molar-refractivity contribution in [2.45, 2.75) is 63.5 Å². The first kappa shape index (κ1) is 27.9. The number of hydrogen-bond acceptors (Lipinski definition) is 6. The van der Waals surface area contributed by atoms with Crippen LogP contribution in [0.3, 0.4) is 0 Å². The summed E-state index contributed by atoms with van der Waals surface area (Å²) in [7, 11) is 0. The van der Waals surface area contributed by atoms with E-state index < -0.39 is 12.1 Å². The van der Waals surface area contributed by atoms with E-state index in [0.29, 0.717) is 31.0 Å². The zero-order valence-corrected chi connectivity index (χ0v) is 21.3. The highest BCUT2D eigenvalue weighted by atomic mass is 16.5. The van der Waals surface area contributed by atoms with Crippen molar-refractivity contribution in [2.75, 3.05) is 39.4 Å². The van der Waals surface area contributed by atoms with Crippen molar-refractivity contribution in [3.05, 3.63) is 29.8 Å². The van der Waals surface area contributed by atoms with Crippen molar-refractivity contribution in [1.82, 2.24) is 15.5 Å². The van der Waals surface area contributed by atoms with Crippen molar-refractivity contribution in [3.63, 3.8) is 0 Å². The maximum absolute atomic E-state index is 13.1. The Hall–Kier alpha value is -2.69.